The van der Waals surface area contributed by atoms with Gasteiger partial charge in [0.2, 0.25) is 5.91 Å². The first kappa shape index (κ1) is 23.1. The van der Waals surface area contributed by atoms with E-state index in [4.69, 9.17) is 11.1 Å². The smallest absolute Gasteiger partial charge is 0.270 e. The van der Waals surface area contributed by atoms with E-state index in [0.29, 0.717) is 5.57 Å². The average molecular weight is 322 g/mol. The van der Waals surface area contributed by atoms with E-state index in [0.717, 1.165) is 6.42 Å². The maximum atomic E-state index is 12.0. The van der Waals surface area contributed by atoms with Crippen molar-refractivity contribution in [2.45, 2.75) is 40.2 Å². The van der Waals surface area contributed by atoms with Crippen LogP contribution < -0.4 is 16.8 Å². The number of hydrogen-bond donors (Lipinski definition) is 4. The molecule has 0 aliphatic carbocycles. The van der Waals surface area contributed by atoms with E-state index in [1.807, 2.05) is 6.08 Å². The number of hydrogen-bond acceptors (Lipinski definition) is 4. The van der Waals surface area contributed by atoms with Gasteiger partial charge in [-0.2, -0.15) is 0 Å². The van der Waals surface area contributed by atoms with Crippen LogP contribution in [-0.4, -0.2) is 30.6 Å². The zero-order valence-electron chi connectivity index (χ0n) is 14.8. The summed E-state index contributed by atoms with van der Waals surface area (Å²) in [6.07, 6.45) is 7.76. The van der Waals surface area contributed by atoms with Crippen LogP contribution >= 0.6 is 0 Å². The van der Waals surface area contributed by atoms with Crippen LogP contribution in [0.15, 0.2) is 36.5 Å². The van der Waals surface area contributed by atoms with Gasteiger partial charge in [0.15, 0.2) is 0 Å². The Bertz CT molecular complexity index is 485. The molecule has 1 atom stereocenters. The van der Waals surface area contributed by atoms with Crippen molar-refractivity contribution in [3.05, 3.63) is 36.5 Å². The second kappa shape index (κ2) is 11.4. The minimum Gasteiger partial charge on any atom is -0.368 e. The van der Waals surface area contributed by atoms with Gasteiger partial charge in [-0.25, -0.2) is 0 Å². The van der Waals surface area contributed by atoms with E-state index in [-0.39, 0.29) is 5.71 Å². The van der Waals surface area contributed by atoms with E-state index >= 15 is 0 Å². The number of primary amides is 1. The highest BCUT2D eigenvalue weighted by Crippen LogP contribution is 2.19. The summed E-state index contributed by atoms with van der Waals surface area (Å²) in [4.78, 5) is 23.4. The van der Waals surface area contributed by atoms with Gasteiger partial charge in [0.05, 0.1) is 0 Å². The molecule has 130 valence electrons. The topological polar surface area (TPSA) is 122 Å². The number of nitrogens with one attached hydrogen (secondary N) is 2. The van der Waals surface area contributed by atoms with Gasteiger partial charge >= 0.3 is 0 Å². The fraction of sp³-hybridized carbons (Fsp3) is 0.471. The predicted octanol–water partition coefficient (Wildman–Crippen LogP) is 1.68. The third-order valence-corrected chi connectivity index (χ3v) is 2.83. The second-order valence-corrected chi connectivity index (χ2v) is 5.85. The molecule has 0 aliphatic heterocycles. The Morgan fingerprint density at radius 3 is 2.22 bits per heavy atom. The molecule has 6 heteroatoms. The molecule has 6 N–H and O–H groups in total. The van der Waals surface area contributed by atoms with Crippen LogP contribution in [0.1, 0.15) is 34.1 Å². The van der Waals surface area contributed by atoms with Crippen LogP contribution in [0, 0.1) is 10.8 Å². The fourth-order valence-corrected chi connectivity index (χ4v) is 1.57. The molecular formula is C17H30N4O2. The Labute approximate surface area is 139 Å². The molecule has 0 aromatic carbocycles. The Kier molecular flexibility index (Phi) is 11.4. The van der Waals surface area contributed by atoms with E-state index in [9.17, 15) is 9.59 Å². The van der Waals surface area contributed by atoms with Crippen LogP contribution in [0.3, 0.4) is 0 Å². The van der Waals surface area contributed by atoms with E-state index in [1.165, 1.54) is 7.05 Å². The third kappa shape index (κ3) is 9.42. The summed E-state index contributed by atoms with van der Waals surface area (Å²) >= 11 is 0. The SMILES string of the molecule is C=CC/C=C\C=C(/C)C(=N)C(=O)NC(C(N)=O)C(C)(C)C.CN. The maximum Gasteiger partial charge on any atom is 0.270 e. The van der Waals surface area contributed by atoms with Crippen molar-refractivity contribution < 1.29 is 9.59 Å². The lowest BCUT2D eigenvalue weighted by Crippen LogP contribution is -2.53. The predicted molar refractivity (Wildman–Crippen MR) is 96.1 cm³/mol. The molecule has 0 radical (unpaired) electrons. The molecular weight excluding hydrogens is 292 g/mol. The van der Waals surface area contributed by atoms with E-state index in [2.05, 4.69) is 17.6 Å². The molecule has 0 aromatic heterocycles. The lowest BCUT2D eigenvalue weighted by atomic mass is 9.86. The van der Waals surface area contributed by atoms with Crippen molar-refractivity contribution in [2.75, 3.05) is 7.05 Å². The summed E-state index contributed by atoms with van der Waals surface area (Å²) in [6.45, 7) is 10.6. The highest BCUT2D eigenvalue weighted by Gasteiger charge is 2.31. The number of nitrogens with two attached hydrogens (primary N) is 2. The lowest BCUT2D eigenvalue weighted by Gasteiger charge is -2.28. The number of carbonyl (C=O) groups excluding carboxylic acids is 2. The van der Waals surface area contributed by atoms with Crippen molar-refractivity contribution in [3.63, 3.8) is 0 Å². The second-order valence-electron chi connectivity index (χ2n) is 5.85. The summed E-state index contributed by atoms with van der Waals surface area (Å²) in [5, 5.41) is 10.4. The van der Waals surface area contributed by atoms with Crippen LogP contribution in [0.5, 0.6) is 0 Å². The van der Waals surface area contributed by atoms with Crippen LogP contribution in [0.2, 0.25) is 0 Å². The van der Waals surface area contributed by atoms with Crippen molar-refractivity contribution in [1.29, 1.82) is 5.41 Å². The largest absolute Gasteiger partial charge is 0.368 e. The van der Waals surface area contributed by atoms with Gasteiger partial charge in [0, 0.05) is 0 Å². The molecule has 0 bridgehead atoms. The van der Waals surface area contributed by atoms with Gasteiger partial charge in [0.25, 0.3) is 5.91 Å². The minimum absolute atomic E-state index is 0.186. The zero-order chi connectivity index (χ0) is 18.6. The van der Waals surface area contributed by atoms with Gasteiger partial charge in [-0.05, 0) is 31.4 Å². The summed E-state index contributed by atoms with van der Waals surface area (Å²) in [6, 6.07) is -0.825. The summed E-state index contributed by atoms with van der Waals surface area (Å²) in [5.41, 5.74) is 9.61. The van der Waals surface area contributed by atoms with Crippen LogP contribution in [0.25, 0.3) is 0 Å². The molecule has 0 saturated heterocycles. The van der Waals surface area contributed by atoms with Crippen LogP contribution in [-0.2, 0) is 9.59 Å². The molecule has 0 rings (SSSR count). The molecule has 1 unspecified atom stereocenters. The number of rotatable bonds is 7. The molecule has 6 nitrogen and oxygen atoms in total. The quantitative estimate of drug-likeness (QED) is 0.324. The molecule has 0 saturated carbocycles. The average Bonchev–Trinajstić information content (AvgIpc) is 2.48. The van der Waals surface area contributed by atoms with Crippen LogP contribution in [0.4, 0.5) is 0 Å². The molecule has 23 heavy (non-hydrogen) atoms. The lowest BCUT2D eigenvalue weighted by molar-refractivity contribution is -0.126. The first-order chi connectivity index (χ1) is 10.6. The number of carbonyl (C=O) groups is 2. The van der Waals surface area contributed by atoms with Crippen molar-refractivity contribution in [2.24, 2.45) is 16.9 Å². The summed E-state index contributed by atoms with van der Waals surface area (Å²) < 4.78 is 0. The summed E-state index contributed by atoms with van der Waals surface area (Å²) in [5.74, 6) is -1.23. The Morgan fingerprint density at radius 2 is 1.83 bits per heavy atom. The van der Waals surface area contributed by atoms with Gasteiger partial charge in [-0.15, -0.1) is 6.58 Å². The first-order valence-electron chi connectivity index (χ1n) is 7.32. The first-order valence-corrected chi connectivity index (χ1v) is 7.32. The standard InChI is InChI=1S/C16H25N3O2.CH5N/c1-6-7-8-9-10-11(2)12(17)15(21)19-13(14(18)20)16(3,4)5;1-2/h6,8-10,13,17H,1,7H2,2-5H3,(H2,18,20)(H,19,21);2H2,1H3/b9-8-,11-10+,17-12?;. The van der Waals surface area contributed by atoms with Gasteiger partial charge in [-0.3, -0.25) is 15.0 Å². The molecule has 0 spiro atoms. The number of amides is 2. The van der Waals surface area contributed by atoms with Gasteiger partial charge in [-0.1, -0.05) is 45.1 Å². The number of allylic oxidation sites excluding steroid dienone is 4. The fourth-order valence-electron chi connectivity index (χ4n) is 1.57. The normalized spacial score (nSPS) is 12.9. The molecule has 0 heterocycles. The third-order valence-electron chi connectivity index (χ3n) is 2.83. The highest BCUT2D eigenvalue weighted by molar-refractivity contribution is 6.44. The Balaban J connectivity index is 0. The Morgan fingerprint density at radius 1 is 1.30 bits per heavy atom. The summed E-state index contributed by atoms with van der Waals surface area (Å²) in [7, 11) is 1.50. The van der Waals surface area contributed by atoms with Crippen molar-refractivity contribution in [1.82, 2.24) is 5.32 Å². The monoisotopic (exact) mass is 322 g/mol. The maximum absolute atomic E-state index is 12.0. The minimum atomic E-state index is -0.825. The Hall–Kier alpha value is -2.21. The highest BCUT2D eigenvalue weighted by atomic mass is 16.2. The van der Waals surface area contributed by atoms with Crippen molar-refractivity contribution >= 4 is 17.5 Å². The van der Waals surface area contributed by atoms with Gasteiger partial charge < -0.3 is 16.8 Å². The van der Waals surface area contributed by atoms with Gasteiger partial charge in [0.1, 0.15) is 11.8 Å². The molecule has 0 aliphatic rings. The van der Waals surface area contributed by atoms with Crippen molar-refractivity contribution in [3.8, 4) is 0 Å². The molecule has 2 amide bonds. The molecule has 0 fully saturated rings. The van der Waals surface area contributed by atoms with E-state index < -0.39 is 23.3 Å². The zero-order valence-corrected chi connectivity index (χ0v) is 14.8. The van der Waals surface area contributed by atoms with E-state index in [1.54, 1.807) is 45.9 Å². The molecule has 0 aromatic rings.